The van der Waals surface area contributed by atoms with Crippen LogP contribution in [0.15, 0.2) is 34.3 Å². The average molecular weight is 398 g/mol. The second kappa shape index (κ2) is 7.14. The average Bonchev–Trinajstić information content (AvgIpc) is 3.06. The number of hydrogen-bond acceptors (Lipinski definition) is 7. The molecule has 27 heavy (non-hydrogen) atoms. The number of benzene rings is 1. The van der Waals surface area contributed by atoms with Crippen LogP contribution in [0.5, 0.6) is 0 Å². The highest BCUT2D eigenvalue weighted by Crippen LogP contribution is 2.34. The lowest BCUT2D eigenvalue weighted by Gasteiger charge is -2.22. The molecule has 0 unspecified atom stereocenters. The third kappa shape index (κ3) is 4.85. The molecule has 2 aliphatic rings. The van der Waals surface area contributed by atoms with Crippen molar-refractivity contribution in [3.63, 3.8) is 0 Å². The molecule has 0 aromatic heterocycles. The van der Waals surface area contributed by atoms with Gasteiger partial charge in [-0.2, -0.15) is 13.5 Å². The Balaban J connectivity index is 1.69. The van der Waals surface area contributed by atoms with Gasteiger partial charge in [-0.1, -0.05) is 17.7 Å². The zero-order valence-electron chi connectivity index (χ0n) is 16.1. The first-order valence-corrected chi connectivity index (χ1v) is 10.2. The van der Waals surface area contributed by atoms with Crippen molar-refractivity contribution in [3.8, 4) is 0 Å². The number of nitrogens with one attached hydrogen (secondary N) is 1. The van der Waals surface area contributed by atoms with Gasteiger partial charge in [0.25, 0.3) is 10.0 Å². The second-order valence-electron chi connectivity index (χ2n) is 7.62. The SMILES string of the molecule is Cc1ccc(S(=O)(=O)N/N=C/[C@@H]2OC(C)(C)O[C@H]2[C@H]2COC(C)(C)O2)cc1. The number of hydrogen-bond donors (Lipinski definition) is 1. The van der Waals surface area contributed by atoms with Crippen molar-refractivity contribution in [2.24, 2.45) is 5.10 Å². The van der Waals surface area contributed by atoms with Crippen LogP contribution in [-0.2, 0) is 29.0 Å². The molecule has 0 radical (unpaired) electrons. The van der Waals surface area contributed by atoms with Crippen LogP contribution in [0, 0.1) is 6.92 Å². The zero-order valence-corrected chi connectivity index (χ0v) is 16.9. The summed E-state index contributed by atoms with van der Waals surface area (Å²) in [4.78, 5) is 2.35. The van der Waals surface area contributed by atoms with Crippen molar-refractivity contribution >= 4 is 16.2 Å². The fourth-order valence-electron chi connectivity index (χ4n) is 3.04. The molecule has 1 N–H and O–H groups in total. The molecule has 0 saturated carbocycles. The molecular formula is C18H26N2O6S. The van der Waals surface area contributed by atoms with Crippen LogP contribution in [0.2, 0.25) is 0 Å². The second-order valence-corrected chi connectivity index (χ2v) is 9.28. The summed E-state index contributed by atoms with van der Waals surface area (Å²) >= 11 is 0. The summed E-state index contributed by atoms with van der Waals surface area (Å²) < 4.78 is 47.9. The Hall–Kier alpha value is -1.52. The summed E-state index contributed by atoms with van der Waals surface area (Å²) in [5.41, 5.74) is 0.973. The van der Waals surface area contributed by atoms with Crippen molar-refractivity contribution in [2.75, 3.05) is 6.61 Å². The van der Waals surface area contributed by atoms with E-state index >= 15 is 0 Å². The summed E-state index contributed by atoms with van der Waals surface area (Å²) in [7, 11) is -3.75. The van der Waals surface area contributed by atoms with Gasteiger partial charge in [0.15, 0.2) is 11.6 Å². The first kappa shape index (κ1) is 20.2. The molecule has 8 nitrogen and oxygen atoms in total. The van der Waals surface area contributed by atoms with Gasteiger partial charge in [-0.25, -0.2) is 4.83 Å². The molecule has 0 spiro atoms. The molecule has 150 valence electrons. The minimum atomic E-state index is -3.75. The normalized spacial score (nSPS) is 30.0. The smallest absolute Gasteiger partial charge is 0.276 e. The van der Waals surface area contributed by atoms with Crippen LogP contribution in [0.4, 0.5) is 0 Å². The Morgan fingerprint density at radius 2 is 1.74 bits per heavy atom. The van der Waals surface area contributed by atoms with Gasteiger partial charge in [-0.15, -0.1) is 0 Å². The monoisotopic (exact) mass is 398 g/mol. The van der Waals surface area contributed by atoms with Crippen LogP contribution in [0.25, 0.3) is 0 Å². The van der Waals surface area contributed by atoms with E-state index in [9.17, 15) is 8.42 Å². The zero-order chi connectivity index (χ0) is 19.9. The Labute approximate surface area is 159 Å². The van der Waals surface area contributed by atoms with Crippen LogP contribution in [0.1, 0.15) is 33.3 Å². The summed E-state index contributed by atoms with van der Waals surface area (Å²) in [5.74, 6) is -1.54. The molecule has 2 fully saturated rings. The van der Waals surface area contributed by atoms with E-state index < -0.39 is 33.8 Å². The van der Waals surface area contributed by atoms with Crippen molar-refractivity contribution in [2.45, 2.75) is 69.4 Å². The van der Waals surface area contributed by atoms with E-state index in [1.54, 1.807) is 26.0 Å². The topological polar surface area (TPSA) is 95.5 Å². The molecule has 2 aliphatic heterocycles. The number of nitrogens with zero attached hydrogens (tertiary/aromatic N) is 1. The summed E-state index contributed by atoms with van der Waals surface area (Å²) in [6, 6.07) is 6.51. The van der Waals surface area contributed by atoms with E-state index in [0.717, 1.165) is 5.56 Å². The van der Waals surface area contributed by atoms with Crippen molar-refractivity contribution in [1.82, 2.24) is 4.83 Å². The molecule has 2 saturated heterocycles. The van der Waals surface area contributed by atoms with Gasteiger partial charge in [0, 0.05) is 0 Å². The molecule has 3 atom stereocenters. The largest absolute Gasteiger partial charge is 0.348 e. The summed E-state index contributed by atoms with van der Waals surface area (Å²) in [6.45, 7) is 9.46. The maximum Gasteiger partial charge on any atom is 0.276 e. The fourth-order valence-corrected chi connectivity index (χ4v) is 3.84. The van der Waals surface area contributed by atoms with Gasteiger partial charge in [0.1, 0.15) is 18.3 Å². The van der Waals surface area contributed by atoms with Gasteiger partial charge in [-0.05, 0) is 46.8 Å². The Bertz CT molecular complexity index is 804. The molecule has 0 aliphatic carbocycles. The van der Waals surface area contributed by atoms with Crippen LogP contribution < -0.4 is 4.83 Å². The van der Waals surface area contributed by atoms with E-state index in [0.29, 0.717) is 6.61 Å². The van der Waals surface area contributed by atoms with Crippen molar-refractivity contribution in [3.05, 3.63) is 29.8 Å². The molecule has 0 bridgehead atoms. The maximum atomic E-state index is 12.3. The van der Waals surface area contributed by atoms with Crippen molar-refractivity contribution < 1.29 is 27.4 Å². The van der Waals surface area contributed by atoms with E-state index in [4.69, 9.17) is 18.9 Å². The maximum absolute atomic E-state index is 12.3. The van der Waals surface area contributed by atoms with Crippen LogP contribution in [0.3, 0.4) is 0 Å². The van der Waals surface area contributed by atoms with E-state index in [1.807, 2.05) is 20.8 Å². The van der Waals surface area contributed by atoms with Crippen molar-refractivity contribution in [1.29, 1.82) is 0 Å². The number of sulfonamides is 1. The Kier molecular flexibility index (Phi) is 5.35. The number of hydrazone groups is 1. The molecule has 3 rings (SSSR count). The molecule has 1 aromatic rings. The third-order valence-electron chi connectivity index (χ3n) is 4.29. The minimum Gasteiger partial charge on any atom is -0.348 e. The first-order valence-electron chi connectivity index (χ1n) is 8.77. The predicted molar refractivity (Wildman–Crippen MR) is 98.7 cm³/mol. The van der Waals surface area contributed by atoms with Crippen LogP contribution in [-0.4, -0.2) is 51.1 Å². The molecule has 0 amide bonds. The fraction of sp³-hybridized carbons (Fsp3) is 0.611. The van der Waals surface area contributed by atoms with E-state index in [2.05, 4.69) is 9.93 Å². The standard InChI is InChI=1S/C18H26N2O6S/c1-12-6-8-13(9-7-12)27(21,22)20-19-10-14-16(26-18(4,5)24-14)15-11-23-17(2,3)25-15/h6-10,14-16,20H,11H2,1-5H3/b19-10+/t14-,15+,16+/m0/s1. The number of ether oxygens (including phenoxy) is 4. The lowest BCUT2D eigenvalue weighted by atomic mass is 10.1. The molecule has 2 heterocycles. The highest BCUT2D eigenvalue weighted by atomic mass is 32.2. The summed E-state index contributed by atoms with van der Waals surface area (Å²) in [6.07, 6.45) is 0.00405. The predicted octanol–water partition coefficient (Wildman–Crippen LogP) is 1.93. The number of aryl methyl sites for hydroxylation is 1. The Morgan fingerprint density at radius 3 is 2.33 bits per heavy atom. The molecule has 1 aromatic carbocycles. The van der Waals surface area contributed by atoms with Gasteiger partial charge in [0.05, 0.1) is 17.7 Å². The quantitative estimate of drug-likeness (QED) is 0.602. The van der Waals surface area contributed by atoms with E-state index in [1.165, 1.54) is 18.3 Å². The Morgan fingerprint density at radius 1 is 1.07 bits per heavy atom. The van der Waals surface area contributed by atoms with Gasteiger partial charge in [0.2, 0.25) is 0 Å². The minimum absolute atomic E-state index is 0.139. The number of rotatable bonds is 5. The van der Waals surface area contributed by atoms with Gasteiger partial charge < -0.3 is 18.9 Å². The highest BCUT2D eigenvalue weighted by Gasteiger charge is 2.49. The first-order chi connectivity index (χ1) is 12.5. The summed E-state index contributed by atoms with van der Waals surface area (Å²) in [5, 5.41) is 3.88. The van der Waals surface area contributed by atoms with Crippen LogP contribution >= 0.6 is 0 Å². The molecular weight excluding hydrogens is 372 g/mol. The van der Waals surface area contributed by atoms with Gasteiger partial charge in [-0.3, -0.25) is 0 Å². The third-order valence-corrected chi connectivity index (χ3v) is 5.52. The lowest BCUT2D eigenvalue weighted by molar-refractivity contribution is -0.174. The molecule has 9 heteroatoms. The highest BCUT2D eigenvalue weighted by molar-refractivity contribution is 7.89. The lowest BCUT2D eigenvalue weighted by Crippen LogP contribution is -2.39. The van der Waals surface area contributed by atoms with Gasteiger partial charge >= 0.3 is 0 Å². The van der Waals surface area contributed by atoms with E-state index in [-0.39, 0.29) is 11.0 Å².